The second-order valence-corrected chi connectivity index (χ2v) is 6.46. The average Bonchev–Trinajstić information content (AvgIpc) is 2.84. The molecule has 0 aromatic carbocycles. The SMILES string of the molecule is CCCCC(CC)CC(N)C1(N(C)C)CCCC1. The molecule has 2 nitrogen and oxygen atoms in total. The highest BCUT2D eigenvalue weighted by atomic mass is 15.2. The van der Waals surface area contributed by atoms with Crippen LogP contribution in [0.15, 0.2) is 0 Å². The smallest absolute Gasteiger partial charge is 0.0354 e. The van der Waals surface area contributed by atoms with E-state index in [0.29, 0.717) is 11.6 Å². The molecule has 2 unspecified atom stereocenters. The van der Waals surface area contributed by atoms with Crippen LogP contribution in [-0.4, -0.2) is 30.6 Å². The van der Waals surface area contributed by atoms with Gasteiger partial charge in [0, 0.05) is 11.6 Å². The number of hydrogen-bond acceptors (Lipinski definition) is 2. The molecule has 2 N–H and O–H groups in total. The third kappa shape index (κ3) is 3.71. The first-order valence-corrected chi connectivity index (χ1v) is 7.99. The first-order chi connectivity index (χ1) is 8.56. The molecule has 0 radical (unpaired) electrons. The van der Waals surface area contributed by atoms with Gasteiger partial charge in [-0.1, -0.05) is 52.4 Å². The van der Waals surface area contributed by atoms with Crippen molar-refractivity contribution in [2.45, 2.75) is 83.2 Å². The van der Waals surface area contributed by atoms with Crippen LogP contribution in [0.25, 0.3) is 0 Å². The molecule has 1 saturated carbocycles. The molecule has 1 aliphatic carbocycles. The van der Waals surface area contributed by atoms with Crippen molar-refractivity contribution >= 4 is 0 Å². The Morgan fingerprint density at radius 2 is 1.78 bits per heavy atom. The van der Waals surface area contributed by atoms with Crippen LogP contribution in [-0.2, 0) is 0 Å². The standard InChI is InChI=1S/C16H34N2/c1-5-7-10-14(6-2)13-15(17)16(18(3)4)11-8-9-12-16/h14-15H,5-13,17H2,1-4H3. The van der Waals surface area contributed by atoms with Gasteiger partial charge in [-0.2, -0.15) is 0 Å². The summed E-state index contributed by atoms with van der Waals surface area (Å²) >= 11 is 0. The van der Waals surface area contributed by atoms with Crippen LogP contribution in [0.1, 0.15) is 71.6 Å². The Kier molecular flexibility index (Phi) is 6.65. The highest BCUT2D eigenvalue weighted by molar-refractivity contribution is 5.01. The normalized spacial score (nSPS) is 22.3. The first kappa shape index (κ1) is 16.0. The summed E-state index contributed by atoms with van der Waals surface area (Å²) in [7, 11) is 4.44. The second kappa shape index (κ2) is 7.49. The van der Waals surface area contributed by atoms with Gasteiger partial charge in [-0.3, -0.25) is 0 Å². The lowest BCUT2D eigenvalue weighted by Crippen LogP contribution is -2.56. The van der Waals surface area contributed by atoms with Crippen LogP contribution in [0.5, 0.6) is 0 Å². The zero-order valence-corrected chi connectivity index (χ0v) is 13.0. The van der Waals surface area contributed by atoms with Crippen LogP contribution >= 0.6 is 0 Å². The molecule has 0 aromatic rings. The van der Waals surface area contributed by atoms with Crippen molar-refractivity contribution in [1.82, 2.24) is 4.90 Å². The summed E-state index contributed by atoms with van der Waals surface area (Å²) in [4.78, 5) is 2.41. The van der Waals surface area contributed by atoms with Gasteiger partial charge in [-0.05, 0) is 39.3 Å². The number of unbranched alkanes of at least 4 members (excludes halogenated alkanes) is 1. The Labute approximate surface area is 114 Å². The molecule has 0 aromatic heterocycles. The quantitative estimate of drug-likeness (QED) is 0.714. The van der Waals surface area contributed by atoms with Gasteiger partial charge in [-0.15, -0.1) is 0 Å². The number of rotatable bonds is 8. The fourth-order valence-corrected chi connectivity index (χ4v) is 3.70. The molecule has 2 heteroatoms. The number of nitrogens with two attached hydrogens (primary N) is 1. The van der Waals surface area contributed by atoms with E-state index in [-0.39, 0.29) is 0 Å². The summed E-state index contributed by atoms with van der Waals surface area (Å²) in [5.74, 6) is 0.831. The summed E-state index contributed by atoms with van der Waals surface area (Å²) in [5, 5.41) is 0. The molecule has 0 heterocycles. The molecule has 1 aliphatic rings. The van der Waals surface area contributed by atoms with Gasteiger partial charge in [0.05, 0.1) is 0 Å². The van der Waals surface area contributed by atoms with Gasteiger partial charge in [0.2, 0.25) is 0 Å². The highest BCUT2D eigenvalue weighted by Crippen LogP contribution is 2.38. The first-order valence-electron chi connectivity index (χ1n) is 7.99. The van der Waals surface area contributed by atoms with Gasteiger partial charge < -0.3 is 10.6 Å². The second-order valence-electron chi connectivity index (χ2n) is 6.46. The third-order valence-corrected chi connectivity index (χ3v) is 5.18. The Bertz CT molecular complexity index is 219. The van der Waals surface area contributed by atoms with Crippen LogP contribution < -0.4 is 5.73 Å². The molecule has 0 bridgehead atoms. The summed E-state index contributed by atoms with van der Waals surface area (Å²) < 4.78 is 0. The largest absolute Gasteiger partial charge is 0.326 e. The number of hydrogen-bond donors (Lipinski definition) is 1. The maximum atomic E-state index is 6.62. The van der Waals surface area contributed by atoms with Crippen molar-refractivity contribution in [2.75, 3.05) is 14.1 Å². The Morgan fingerprint density at radius 3 is 2.22 bits per heavy atom. The zero-order chi connectivity index (χ0) is 13.6. The van der Waals surface area contributed by atoms with Gasteiger partial charge >= 0.3 is 0 Å². The molecule has 2 atom stereocenters. The fourth-order valence-electron chi connectivity index (χ4n) is 3.70. The predicted octanol–water partition coefficient (Wildman–Crippen LogP) is 3.79. The van der Waals surface area contributed by atoms with Crippen molar-refractivity contribution in [3.8, 4) is 0 Å². The summed E-state index contributed by atoms with van der Waals surface area (Å²) in [5.41, 5.74) is 6.91. The molecule has 0 aliphatic heterocycles. The van der Waals surface area contributed by atoms with Crippen molar-refractivity contribution in [1.29, 1.82) is 0 Å². The Balaban J connectivity index is 2.57. The van der Waals surface area contributed by atoms with E-state index in [4.69, 9.17) is 5.73 Å². The Morgan fingerprint density at radius 1 is 1.17 bits per heavy atom. The molecular formula is C16H34N2. The molecule has 108 valence electrons. The number of likely N-dealkylation sites (N-methyl/N-ethyl adjacent to an activating group) is 1. The summed E-state index contributed by atoms with van der Waals surface area (Å²) in [6.45, 7) is 4.61. The van der Waals surface area contributed by atoms with Crippen molar-refractivity contribution in [3.63, 3.8) is 0 Å². The van der Waals surface area contributed by atoms with Crippen molar-refractivity contribution < 1.29 is 0 Å². The number of nitrogens with zero attached hydrogens (tertiary/aromatic N) is 1. The molecule has 0 saturated heterocycles. The summed E-state index contributed by atoms with van der Waals surface area (Å²) in [6, 6.07) is 0.358. The van der Waals surface area contributed by atoms with Gasteiger partial charge in [-0.25, -0.2) is 0 Å². The van der Waals surface area contributed by atoms with E-state index in [1.54, 1.807) is 0 Å². The molecule has 18 heavy (non-hydrogen) atoms. The van der Waals surface area contributed by atoms with Crippen LogP contribution in [0.3, 0.4) is 0 Å². The lowest BCUT2D eigenvalue weighted by Gasteiger charge is -2.42. The maximum Gasteiger partial charge on any atom is 0.0354 e. The molecule has 1 rings (SSSR count). The van der Waals surface area contributed by atoms with Crippen LogP contribution in [0.2, 0.25) is 0 Å². The molecule has 0 amide bonds. The Hall–Kier alpha value is -0.0800. The van der Waals surface area contributed by atoms with E-state index in [1.165, 1.54) is 57.8 Å². The van der Waals surface area contributed by atoms with E-state index in [1.807, 2.05) is 0 Å². The molecule has 1 fully saturated rings. The van der Waals surface area contributed by atoms with E-state index in [9.17, 15) is 0 Å². The van der Waals surface area contributed by atoms with Crippen molar-refractivity contribution in [2.24, 2.45) is 11.7 Å². The topological polar surface area (TPSA) is 29.3 Å². The lowest BCUT2D eigenvalue weighted by molar-refractivity contribution is 0.108. The lowest BCUT2D eigenvalue weighted by atomic mass is 9.80. The minimum atomic E-state index is 0.291. The zero-order valence-electron chi connectivity index (χ0n) is 13.0. The minimum Gasteiger partial charge on any atom is -0.326 e. The van der Waals surface area contributed by atoms with Crippen LogP contribution in [0, 0.1) is 5.92 Å². The average molecular weight is 254 g/mol. The highest BCUT2D eigenvalue weighted by Gasteiger charge is 2.41. The van der Waals surface area contributed by atoms with E-state index in [0.717, 1.165) is 5.92 Å². The van der Waals surface area contributed by atoms with E-state index < -0.39 is 0 Å². The third-order valence-electron chi connectivity index (χ3n) is 5.18. The van der Waals surface area contributed by atoms with E-state index >= 15 is 0 Å². The van der Waals surface area contributed by atoms with Crippen molar-refractivity contribution in [3.05, 3.63) is 0 Å². The molecular weight excluding hydrogens is 220 g/mol. The maximum absolute atomic E-state index is 6.62. The van der Waals surface area contributed by atoms with Gasteiger partial charge in [0.1, 0.15) is 0 Å². The molecule has 0 spiro atoms. The van der Waals surface area contributed by atoms with Gasteiger partial charge in [0.15, 0.2) is 0 Å². The monoisotopic (exact) mass is 254 g/mol. The fraction of sp³-hybridized carbons (Fsp3) is 1.00. The summed E-state index contributed by atoms with van der Waals surface area (Å²) in [6.07, 6.45) is 11.9. The van der Waals surface area contributed by atoms with Gasteiger partial charge in [0.25, 0.3) is 0 Å². The van der Waals surface area contributed by atoms with Crippen LogP contribution in [0.4, 0.5) is 0 Å². The predicted molar refractivity (Wildman–Crippen MR) is 80.8 cm³/mol. The van der Waals surface area contributed by atoms with E-state index in [2.05, 4.69) is 32.8 Å². The minimum absolute atomic E-state index is 0.291.